The predicted octanol–water partition coefficient (Wildman–Crippen LogP) is 4.86. The zero-order valence-corrected chi connectivity index (χ0v) is 20.0. The number of benzene rings is 2. The third-order valence-corrected chi connectivity index (χ3v) is 6.37. The summed E-state index contributed by atoms with van der Waals surface area (Å²) < 4.78 is 5.77. The monoisotopic (exact) mass is 447 g/mol. The molecule has 1 heterocycles. The maximum absolute atomic E-state index is 5.77. The Morgan fingerprint density at radius 2 is 1.70 bits per heavy atom. The fourth-order valence-corrected chi connectivity index (χ4v) is 4.53. The van der Waals surface area contributed by atoms with E-state index in [0.717, 1.165) is 54.7 Å². The molecule has 0 spiro atoms. The third-order valence-electron chi connectivity index (χ3n) is 6.37. The van der Waals surface area contributed by atoms with E-state index in [1.165, 1.54) is 31.2 Å². The highest BCUT2D eigenvalue weighted by Crippen LogP contribution is 2.28. The van der Waals surface area contributed by atoms with Crippen molar-refractivity contribution in [1.82, 2.24) is 15.3 Å². The number of nitrogens with one attached hydrogen (secondary N) is 2. The van der Waals surface area contributed by atoms with E-state index in [-0.39, 0.29) is 0 Å². The molecule has 3 aromatic rings. The molecular formula is C27H37N5O. The molecule has 0 amide bonds. The summed E-state index contributed by atoms with van der Waals surface area (Å²) in [6.07, 6.45) is 5.86. The third kappa shape index (κ3) is 6.89. The van der Waals surface area contributed by atoms with Gasteiger partial charge in [0.25, 0.3) is 0 Å². The Labute approximate surface area is 197 Å². The first-order valence-corrected chi connectivity index (χ1v) is 12.2. The highest BCUT2D eigenvalue weighted by molar-refractivity contribution is 5.90. The van der Waals surface area contributed by atoms with Gasteiger partial charge >= 0.3 is 0 Å². The maximum atomic E-state index is 5.77. The number of rotatable bonds is 11. The lowest BCUT2D eigenvalue weighted by atomic mass is 9.86. The first-order chi connectivity index (χ1) is 16.2. The molecule has 6 nitrogen and oxygen atoms in total. The second-order valence-electron chi connectivity index (χ2n) is 9.24. The molecule has 0 saturated heterocycles. The molecule has 4 rings (SSSR count). The molecule has 6 heteroatoms. The van der Waals surface area contributed by atoms with Gasteiger partial charge < -0.3 is 20.3 Å². The summed E-state index contributed by atoms with van der Waals surface area (Å²) in [5.74, 6) is 2.46. The Balaban J connectivity index is 1.14. The molecule has 0 atom stereocenters. The van der Waals surface area contributed by atoms with Crippen molar-refractivity contribution in [3.05, 3.63) is 60.2 Å². The minimum absolute atomic E-state index is 0.448. The van der Waals surface area contributed by atoms with Gasteiger partial charge in [0.2, 0.25) is 5.95 Å². The molecule has 0 unspecified atom stereocenters. The van der Waals surface area contributed by atoms with Gasteiger partial charge in [-0.05, 0) is 68.8 Å². The predicted molar refractivity (Wildman–Crippen MR) is 137 cm³/mol. The Hall–Kier alpha value is -2.70. The van der Waals surface area contributed by atoms with Crippen LogP contribution >= 0.6 is 0 Å². The fourth-order valence-electron chi connectivity index (χ4n) is 4.53. The minimum Gasteiger partial charge on any atom is -0.377 e. The Bertz CT molecular complexity index is 986. The SMILES string of the molecule is CN(C)c1nc(N[C@H]2CC[C@@H](CNCCCOCc3ccccc3)CC2)nc2ccccc12. The van der Waals surface area contributed by atoms with E-state index in [0.29, 0.717) is 12.6 Å². The highest BCUT2D eigenvalue weighted by atomic mass is 16.5. The molecule has 2 N–H and O–H groups in total. The van der Waals surface area contributed by atoms with Crippen molar-refractivity contribution in [1.29, 1.82) is 0 Å². The number of hydrogen-bond acceptors (Lipinski definition) is 6. The van der Waals surface area contributed by atoms with Crippen molar-refractivity contribution in [3.8, 4) is 0 Å². The van der Waals surface area contributed by atoms with Crippen LogP contribution in [0.3, 0.4) is 0 Å². The van der Waals surface area contributed by atoms with Crippen molar-refractivity contribution in [2.75, 3.05) is 44.0 Å². The molecule has 176 valence electrons. The summed E-state index contributed by atoms with van der Waals surface area (Å²) in [6.45, 7) is 3.63. The fraction of sp³-hybridized carbons (Fsp3) is 0.481. The molecule has 1 aliphatic rings. The quantitative estimate of drug-likeness (QED) is 0.409. The van der Waals surface area contributed by atoms with E-state index in [1.807, 2.05) is 32.3 Å². The smallest absolute Gasteiger partial charge is 0.225 e. The van der Waals surface area contributed by atoms with Gasteiger partial charge in [0.1, 0.15) is 5.82 Å². The van der Waals surface area contributed by atoms with Gasteiger partial charge in [0.05, 0.1) is 12.1 Å². The topological polar surface area (TPSA) is 62.3 Å². The molecular weight excluding hydrogens is 410 g/mol. The van der Waals surface area contributed by atoms with Crippen LogP contribution in [0.25, 0.3) is 10.9 Å². The molecule has 1 saturated carbocycles. The molecule has 0 bridgehead atoms. The molecule has 1 fully saturated rings. The molecule has 33 heavy (non-hydrogen) atoms. The van der Waals surface area contributed by atoms with Gasteiger partial charge in [-0.25, -0.2) is 4.98 Å². The van der Waals surface area contributed by atoms with Crippen LogP contribution in [0.1, 0.15) is 37.7 Å². The van der Waals surface area contributed by atoms with Crippen molar-refractivity contribution in [2.45, 2.75) is 44.8 Å². The number of hydrogen-bond donors (Lipinski definition) is 2. The Morgan fingerprint density at radius 3 is 2.48 bits per heavy atom. The number of anilines is 2. The number of fused-ring (bicyclic) bond motifs is 1. The number of para-hydroxylation sites is 1. The number of nitrogens with zero attached hydrogens (tertiary/aromatic N) is 3. The maximum Gasteiger partial charge on any atom is 0.225 e. The van der Waals surface area contributed by atoms with Crippen LogP contribution in [0.2, 0.25) is 0 Å². The average molecular weight is 448 g/mol. The molecule has 1 aromatic heterocycles. The zero-order chi connectivity index (χ0) is 22.9. The first kappa shape index (κ1) is 23.5. The van der Waals surface area contributed by atoms with Crippen LogP contribution in [-0.4, -0.2) is 49.8 Å². The average Bonchev–Trinajstić information content (AvgIpc) is 2.84. The van der Waals surface area contributed by atoms with Gasteiger partial charge in [-0.2, -0.15) is 4.98 Å². The van der Waals surface area contributed by atoms with E-state index >= 15 is 0 Å². The lowest BCUT2D eigenvalue weighted by molar-refractivity contribution is 0.118. The molecule has 2 aromatic carbocycles. The number of aromatic nitrogens is 2. The van der Waals surface area contributed by atoms with E-state index in [1.54, 1.807) is 0 Å². The first-order valence-electron chi connectivity index (χ1n) is 12.2. The standard InChI is InChI=1S/C27H37N5O/c1-32(2)26-24-11-6-7-12-25(24)30-27(31-26)29-23-15-13-21(14-16-23)19-28-17-8-18-33-20-22-9-4-3-5-10-22/h3-7,9-12,21,23,28H,8,13-20H2,1-2H3,(H,29,30,31)/t21-,23+. The van der Waals surface area contributed by atoms with E-state index in [4.69, 9.17) is 14.7 Å². The molecule has 0 aliphatic heterocycles. The van der Waals surface area contributed by atoms with Crippen LogP contribution in [0.15, 0.2) is 54.6 Å². The minimum atomic E-state index is 0.448. The van der Waals surface area contributed by atoms with Crippen molar-refractivity contribution >= 4 is 22.7 Å². The van der Waals surface area contributed by atoms with Crippen LogP contribution in [0.5, 0.6) is 0 Å². The zero-order valence-electron chi connectivity index (χ0n) is 20.0. The molecule has 0 radical (unpaired) electrons. The Morgan fingerprint density at radius 1 is 0.939 bits per heavy atom. The van der Waals surface area contributed by atoms with Crippen LogP contribution in [-0.2, 0) is 11.3 Å². The largest absolute Gasteiger partial charge is 0.377 e. The summed E-state index contributed by atoms with van der Waals surface area (Å²) in [5, 5.41) is 8.33. The normalized spacial score (nSPS) is 18.4. The van der Waals surface area contributed by atoms with Crippen molar-refractivity contribution in [3.63, 3.8) is 0 Å². The van der Waals surface area contributed by atoms with Crippen LogP contribution in [0.4, 0.5) is 11.8 Å². The molecule has 1 aliphatic carbocycles. The number of ether oxygens (including phenoxy) is 1. The van der Waals surface area contributed by atoms with Gasteiger partial charge in [0.15, 0.2) is 0 Å². The second-order valence-corrected chi connectivity index (χ2v) is 9.24. The van der Waals surface area contributed by atoms with Gasteiger partial charge in [-0.1, -0.05) is 42.5 Å². The van der Waals surface area contributed by atoms with Gasteiger partial charge in [-0.15, -0.1) is 0 Å². The van der Waals surface area contributed by atoms with E-state index < -0.39 is 0 Å². The lowest BCUT2D eigenvalue weighted by Gasteiger charge is -2.29. The summed E-state index contributed by atoms with van der Waals surface area (Å²) in [4.78, 5) is 11.6. The summed E-state index contributed by atoms with van der Waals surface area (Å²) in [7, 11) is 4.07. The highest BCUT2D eigenvalue weighted by Gasteiger charge is 2.22. The lowest BCUT2D eigenvalue weighted by Crippen LogP contribution is -2.32. The Kier molecular flexibility index (Phi) is 8.50. The van der Waals surface area contributed by atoms with E-state index in [9.17, 15) is 0 Å². The van der Waals surface area contributed by atoms with Crippen LogP contribution < -0.4 is 15.5 Å². The van der Waals surface area contributed by atoms with Crippen LogP contribution in [0, 0.1) is 5.92 Å². The van der Waals surface area contributed by atoms with Gasteiger partial charge in [-0.3, -0.25) is 0 Å². The van der Waals surface area contributed by atoms with Crippen molar-refractivity contribution in [2.24, 2.45) is 5.92 Å². The van der Waals surface area contributed by atoms with E-state index in [2.05, 4.69) is 51.9 Å². The summed E-state index contributed by atoms with van der Waals surface area (Å²) in [5.41, 5.74) is 2.23. The van der Waals surface area contributed by atoms with Gasteiger partial charge in [0, 0.05) is 32.1 Å². The van der Waals surface area contributed by atoms with Crippen molar-refractivity contribution < 1.29 is 4.74 Å². The summed E-state index contributed by atoms with van der Waals surface area (Å²) >= 11 is 0. The summed E-state index contributed by atoms with van der Waals surface area (Å²) in [6, 6.07) is 19.0. The second kappa shape index (κ2) is 12.0.